The lowest BCUT2D eigenvalue weighted by molar-refractivity contribution is 0.534. The minimum absolute atomic E-state index is 0. The average Bonchev–Trinajstić information content (AvgIpc) is 3.01. The van der Waals surface area contributed by atoms with Crippen LogP contribution in [0.5, 0.6) is 0 Å². The number of hydrogen-bond donors (Lipinski definition) is 2. The lowest BCUT2D eigenvalue weighted by Crippen LogP contribution is -2.36. The standard InChI is InChI=1S/C21H21FN4O.HI/c1-3-24-21(25-12-16-9-8-15(11-23)10-18(16)22)26-13-20-14(2)17-6-4-5-7-19(17)27-20;/h4-10H,3,12-13H2,1-2H3,(H2,24,25,26);1H. The summed E-state index contributed by atoms with van der Waals surface area (Å²) in [5, 5.41) is 16.3. The largest absolute Gasteiger partial charge is 0.459 e. The van der Waals surface area contributed by atoms with E-state index in [2.05, 4.69) is 15.6 Å². The first-order valence-electron chi connectivity index (χ1n) is 8.80. The Kier molecular flexibility index (Phi) is 7.81. The van der Waals surface area contributed by atoms with Crippen molar-refractivity contribution in [1.82, 2.24) is 10.6 Å². The zero-order valence-corrected chi connectivity index (χ0v) is 18.1. The van der Waals surface area contributed by atoms with Gasteiger partial charge in [0.25, 0.3) is 0 Å². The van der Waals surface area contributed by atoms with Crippen molar-refractivity contribution in [3.8, 4) is 6.07 Å². The predicted molar refractivity (Wildman–Crippen MR) is 119 cm³/mol. The summed E-state index contributed by atoms with van der Waals surface area (Å²) >= 11 is 0. The van der Waals surface area contributed by atoms with Gasteiger partial charge in [0.15, 0.2) is 5.96 Å². The maximum absolute atomic E-state index is 14.0. The van der Waals surface area contributed by atoms with Gasteiger partial charge in [-0.1, -0.05) is 24.3 Å². The number of para-hydroxylation sites is 1. The highest BCUT2D eigenvalue weighted by atomic mass is 127. The fraction of sp³-hybridized carbons (Fsp3) is 0.238. The van der Waals surface area contributed by atoms with Crippen LogP contribution in [0.25, 0.3) is 11.0 Å². The van der Waals surface area contributed by atoms with E-state index in [1.54, 1.807) is 12.1 Å². The van der Waals surface area contributed by atoms with Gasteiger partial charge < -0.3 is 15.1 Å². The fourth-order valence-electron chi connectivity index (χ4n) is 2.81. The van der Waals surface area contributed by atoms with Crippen molar-refractivity contribution in [2.45, 2.75) is 26.9 Å². The van der Waals surface area contributed by atoms with Gasteiger partial charge in [0.05, 0.1) is 24.7 Å². The molecule has 0 fully saturated rings. The SMILES string of the molecule is CCNC(=NCc1ccc(C#N)cc1F)NCc1oc2ccccc2c1C.I. The molecule has 0 spiro atoms. The van der Waals surface area contributed by atoms with Crippen molar-refractivity contribution in [3.63, 3.8) is 0 Å². The molecule has 0 aliphatic rings. The van der Waals surface area contributed by atoms with E-state index in [1.807, 2.05) is 44.2 Å². The minimum atomic E-state index is -0.429. The van der Waals surface area contributed by atoms with Gasteiger partial charge in [0.1, 0.15) is 17.2 Å². The number of halogens is 2. The first-order chi connectivity index (χ1) is 13.1. The number of nitrogens with zero attached hydrogens (tertiary/aromatic N) is 2. The van der Waals surface area contributed by atoms with Crippen LogP contribution in [0.15, 0.2) is 51.9 Å². The van der Waals surface area contributed by atoms with E-state index in [-0.39, 0.29) is 30.5 Å². The second-order valence-corrected chi connectivity index (χ2v) is 6.11. The van der Waals surface area contributed by atoms with E-state index >= 15 is 0 Å². The van der Waals surface area contributed by atoms with Crippen LogP contribution in [-0.4, -0.2) is 12.5 Å². The van der Waals surface area contributed by atoms with Crippen LogP contribution in [0.4, 0.5) is 4.39 Å². The van der Waals surface area contributed by atoms with Gasteiger partial charge in [-0.3, -0.25) is 0 Å². The Hall–Kier alpha value is -2.60. The van der Waals surface area contributed by atoms with E-state index < -0.39 is 5.82 Å². The molecule has 0 saturated carbocycles. The molecule has 0 aliphatic heterocycles. The topological polar surface area (TPSA) is 73.3 Å². The molecule has 2 aromatic carbocycles. The van der Waals surface area contributed by atoms with Gasteiger partial charge in [-0.25, -0.2) is 9.38 Å². The van der Waals surface area contributed by atoms with Crippen molar-refractivity contribution in [2.75, 3.05) is 6.54 Å². The summed E-state index contributed by atoms with van der Waals surface area (Å²) in [4.78, 5) is 4.43. The molecule has 1 heterocycles. The number of aliphatic imine (C=N–C) groups is 1. The molecule has 0 bridgehead atoms. The Labute approximate surface area is 180 Å². The van der Waals surface area contributed by atoms with Gasteiger partial charge in [0, 0.05) is 23.1 Å². The monoisotopic (exact) mass is 492 g/mol. The normalized spacial score (nSPS) is 11.0. The van der Waals surface area contributed by atoms with Gasteiger partial charge in [0.2, 0.25) is 0 Å². The Bertz CT molecular complexity index is 1020. The number of hydrogen-bond acceptors (Lipinski definition) is 3. The number of benzene rings is 2. The summed E-state index contributed by atoms with van der Waals surface area (Å²) in [6.45, 7) is 5.32. The number of nitrogens with one attached hydrogen (secondary N) is 2. The zero-order valence-electron chi connectivity index (χ0n) is 15.8. The molecule has 3 rings (SSSR count). The summed E-state index contributed by atoms with van der Waals surface area (Å²) in [6, 6.07) is 14.2. The van der Waals surface area contributed by atoms with Crippen LogP contribution in [0.1, 0.15) is 29.4 Å². The van der Waals surface area contributed by atoms with E-state index in [0.29, 0.717) is 30.2 Å². The molecule has 0 amide bonds. The van der Waals surface area contributed by atoms with Gasteiger partial charge in [-0.2, -0.15) is 5.26 Å². The summed E-state index contributed by atoms with van der Waals surface area (Å²) < 4.78 is 19.9. The zero-order chi connectivity index (χ0) is 19.2. The molecule has 146 valence electrons. The minimum Gasteiger partial charge on any atom is -0.459 e. The molecule has 7 heteroatoms. The quantitative estimate of drug-likeness (QED) is 0.310. The molecule has 3 aromatic rings. The van der Waals surface area contributed by atoms with Crippen molar-refractivity contribution >= 4 is 40.9 Å². The third-order valence-corrected chi connectivity index (χ3v) is 4.29. The first kappa shape index (κ1) is 21.7. The van der Waals surface area contributed by atoms with Crippen molar-refractivity contribution in [2.24, 2.45) is 4.99 Å². The smallest absolute Gasteiger partial charge is 0.191 e. The number of furan rings is 1. The van der Waals surface area contributed by atoms with Crippen LogP contribution in [0.3, 0.4) is 0 Å². The van der Waals surface area contributed by atoms with Gasteiger partial charge >= 0.3 is 0 Å². The predicted octanol–water partition coefficient (Wildman–Crippen LogP) is 4.63. The number of aryl methyl sites for hydroxylation is 1. The molecule has 0 aliphatic carbocycles. The molecule has 5 nitrogen and oxygen atoms in total. The van der Waals surface area contributed by atoms with Crippen LogP contribution in [0, 0.1) is 24.1 Å². The number of guanidine groups is 1. The third-order valence-electron chi connectivity index (χ3n) is 4.29. The van der Waals surface area contributed by atoms with E-state index in [4.69, 9.17) is 9.68 Å². The van der Waals surface area contributed by atoms with E-state index in [9.17, 15) is 4.39 Å². The van der Waals surface area contributed by atoms with Crippen molar-refractivity contribution in [1.29, 1.82) is 5.26 Å². The summed E-state index contributed by atoms with van der Waals surface area (Å²) in [7, 11) is 0. The third kappa shape index (κ3) is 5.01. The molecule has 2 N–H and O–H groups in total. The average molecular weight is 492 g/mol. The highest BCUT2D eigenvalue weighted by Gasteiger charge is 2.10. The summed E-state index contributed by atoms with van der Waals surface area (Å²) in [5.41, 5.74) is 2.68. The lowest BCUT2D eigenvalue weighted by atomic mass is 10.1. The van der Waals surface area contributed by atoms with Crippen LogP contribution >= 0.6 is 24.0 Å². The van der Waals surface area contributed by atoms with Crippen molar-refractivity contribution < 1.29 is 8.81 Å². The molecule has 28 heavy (non-hydrogen) atoms. The number of nitriles is 1. The van der Waals surface area contributed by atoms with E-state index in [0.717, 1.165) is 22.3 Å². The van der Waals surface area contributed by atoms with Gasteiger partial charge in [-0.05, 0) is 32.0 Å². The summed E-state index contributed by atoms with van der Waals surface area (Å²) in [5.74, 6) is 0.981. The molecule has 0 atom stereocenters. The first-order valence-corrected chi connectivity index (χ1v) is 8.80. The second-order valence-electron chi connectivity index (χ2n) is 6.11. The fourth-order valence-corrected chi connectivity index (χ4v) is 2.81. The number of rotatable bonds is 5. The van der Waals surface area contributed by atoms with Crippen molar-refractivity contribution in [3.05, 3.63) is 70.7 Å². The second kappa shape index (κ2) is 10.1. The summed E-state index contributed by atoms with van der Waals surface area (Å²) in [6.07, 6.45) is 0. The molecular formula is C21H22FIN4O. The Morgan fingerprint density at radius 2 is 2.00 bits per heavy atom. The van der Waals surface area contributed by atoms with Crippen LogP contribution in [-0.2, 0) is 13.1 Å². The Morgan fingerprint density at radius 1 is 1.21 bits per heavy atom. The van der Waals surface area contributed by atoms with E-state index in [1.165, 1.54) is 6.07 Å². The maximum atomic E-state index is 14.0. The number of fused-ring (bicyclic) bond motifs is 1. The molecule has 1 aromatic heterocycles. The Balaban J connectivity index is 0.00000280. The lowest BCUT2D eigenvalue weighted by Gasteiger charge is -2.11. The molecule has 0 unspecified atom stereocenters. The highest BCUT2D eigenvalue weighted by molar-refractivity contribution is 14.0. The highest BCUT2D eigenvalue weighted by Crippen LogP contribution is 2.24. The molecule has 0 saturated heterocycles. The Morgan fingerprint density at radius 3 is 2.68 bits per heavy atom. The van der Waals surface area contributed by atoms with Crippen LogP contribution in [0.2, 0.25) is 0 Å². The van der Waals surface area contributed by atoms with Crippen LogP contribution < -0.4 is 10.6 Å². The molecular weight excluding hydrogens is 470 g/mol. The molecule has 0 radical (unpaired) electrons. The maximum Gasteiger partial charge on any atom is 0.191 e. The van der Waals surface area contributed by atoms with Gasteiger partial charge in [-0.15, -0.1) is 24.0 Å².